The summed E-state index contributed by atoms with van der Waals surface area (Å²) < 4.78 is 25.5. The molecule has 3 rings (SSSR count). The van der Waals surface area contributed by atoms with E-state index in [1.54, 1.807) is 42.5 Å². The van der Waals surface area contributed by atoms with E-state index in [0.29, 0.717) is 38.2 Å². The molecule has 0 bridgehead atoms. The molecule has 30 heavy (non-hydrogen) atoms. The Morgan fingerprint density at radius 2 is 1.97 bits per heavy atom. The third-order valence-corrected chi connectivity index (χ3v) is 5.53. The van der Waals surface area contributed by atoms with Gasteiger partial charge in [0.25, 0.3) is 0 Å². The van der Waals surface area contributed by atoms with Crippen molar-refractivity contribution in [3.05, 3.63) is 90.7 Å². The summed E-state index contributed by atoms with van der Waals surface area (Å²) in [7, 11) is 1.54. The van der Waals surface area contributed by atoms with E-state index in [9.17, 15) is 9.65 Å². The minimum Gasteiger partial charge on any atom is -0.493 e. The van der Waals surface area contributed by atoms with Crippen LogP contribution in [-0.4, -0.2) is 7.11 Å². The second kappa shape index (κ2) is 10.2. The fourth-order valence-corrected chi connectivity index (χ4v) is 4.08. The maximum atomic E-state index is 13.4. The predicted molar refractivity (Wildman–Crippen MR) is 126 cm³/mol. The van der Waals surface area contributed by atoms with Crippen molar-refractivity contribution in [2.24, 2.45) is 0 Å². The van der Waals surface area contributed by atoms with Crippen molar-refractivity contribution in [1.82, 2.24) is 0 Å². The van der Waals surface area contributed by atoms with Gasteiger partial charge in [0.1, 0.15) is 12.4 Å². The van der Waals surface area contributed by atoms with Gasteiger partial charge < -0.3 is 9.47 Å². The quantitative estimate of drug-likeness (QED) is 0.181. The van der Waals surface area contributed by atoms with E-state index in [-0.39, 0.29) is 12.4 Å². The van der Waals surface area contributed by atoms with Gasteiger partial charge in [0.15, 0.2) is 11.5 Å². The average molecular weight is 554 g/mol. The van der Waals surface area contributed by atoms with Gasteiger partial charge in [-0.2, -0.15) is 5.26 Å². The van der Waals surface area contributed by atoms with Crippen LogP contribution < -0.4 is 9.47 Å². The third-order valence-electron chi connectivity index (χ3n) is 4.18. The Labute approximate surface area is 197 Å². The SMILES string of the molecule is COc1cc(/C=C(\C#N)c2ccc(Cl)cc2Cl)cc(I)c1OCc1cccc(F)c1. The Kier molecular flexibility index (Phi) is 7.59. The highest BCUT2D eigenvalue weighted by Crippen LogP contribution is 2.36. The standard InChI is InChI=1S/C23H15Cl2FINO2/c1-29-22-10-15(7-16(12-28)19-6-5-17(24)11-20(19)25)9-21(27)23(22)30-13-14-3-2-4-18(26)8-14/h2-11H,13H2,1H3/b16-7+. The van der Waals surface area contributed by atoms with Gasteiger partial charge in [-0.1, -0.05) is 41.4 Å². The Bertz CT molecular complexity index is 1160. The van der Waals surface area contributed by atoms with Crippen LogP contribution in [0.15, 0.2) is 54.6 Å². The number of ether oxygens (including phenoxy) is 2. The summed E-state index contributed by atoms with van der Waals surface area (Å²) in [5.41, 5.74) is 2.44. The average Bonchev–Trinajstić information content (AvgIpc) is 2.71. The van der Waals surface area contributed by atoms with E-state index >= 15 is 0 Å². The van der Waals surface area contributed by atoms with Gasteiger partial charge in [0, 0.05) is 10.6 Å². The summed E-state index contributed by atoms with van der Waals surface area (Å²) >= 11 is 14.3. The van der Waals surface area contributed by atoms with Gasteiger partial charge in [-0.15, -0.1) is 0 Å². The highest BCUT2D eigenvalue weighted by molar-refractivity contribution is 14.1. The van der Waals surface area contributed by atoms with Crippen molar-refractivity contribution >= 4 is 57.4 Å². The lowest BCUT2D eigenvalue weighted by Gasteiger charge is -2.14. The number of halogens is 4. The topological polar surface area (TPSA) is 42.2 Å². The zero-order valence-corrected chi connectivity index (χ0v) is 19.4. The summed E-state index contributed by atoms with van der Waals surface area (Å²) in [5.74, 6) is 0.731. The van der Waals surface area contributed by atoms with E-state index in [1.165, 1.54) is 19.2 Å². The molecule has 0 heterocycles. The summed E-state index contributed by atoms with van der Waals surface area (Å²) in [5, 5.41) is 10.5. The molecule has 3 aromatic rings. The molecule has 0 aliphatic carbocycles. The van der Waals surface area contributed by atoms with Gasteiger partial charge in [-0.3, -0.25) is 0 Å². The first kappa shape index (κ1) is 22.4. The zero-order valence-electron chi connectivity index (χ0n) is 15.8. The van der Waals surface area contributed by atoms with E-state index in [2.05, 4.69) is 28.7 Å². The number of hydrogen-bond acceptors (Lipinski definition) is 3. The third kappa shape index (κ3) is 5.45. The monoisotopic (exact) mass is 553 g/mol. The molecule has 0 aliphatic rings. The van der Waals surface area contributed by atoms with Gasteiger partial charge in [-0.25, -0.2) is 4.39 Å². The second-order valence-electron chi connectivity index (χ2n) is 6.25. The molecule has 0 N–H and O–H groups in total. The van der Waals surface area contributed by atoms with Crippen LogP contribution in [0.2, 0.25) is 10.0 Å². The van der Waals surface area contributed by atoms with E-state index < -0.39 is 0 Å². The largest absolute Gasteiger partial charge is 0.493 e. The molecule has 0 atom stereocenters. The van der Waals surface area contributed by atoms with Crippen molar-refractivity contribution in [3.63, 3.8) is 0 Å². The molecule has 0 saturated carbocycles. The number of rotatable bonds is 6. The first-order chi connectivity index (χ1) is 14.4. The van der Waals surface area contributed by atoms with Crippen molar-refractivity contribution in [2.75, 3.05) is 7.11 Å². The van der Waals surface area contributed by atoms with Gasteiger partial charge >= 0.3 is 0 Å². The molecule has 0 radical (unpaired) electrons. The van der Waals surface area contributed by atoms with Crippen molar-refractivity contribution < 1.29 is 13.9 Å². The highest BCUT2D eigenvalue weighted by Gasteiger charge is 2.13. The molecule has 0 aliphatic heterocycles. The molecule has 152 valence electrons. The predicted octanol–water partition coefficient (Wildman–Crippen LogP) is 7.39. The zero-order chi connectivity index (χ0) is 21.7. The minimum atomic E-state index is -0.317. The van der Waals surface area contributed by atoms with Crippen LogP contribution in [0.3, 0.4) is 0 Å². The highest BCUT2D eigenvalue weighted by atomic mass is 127. The maximum Gasteiger partial charge on any atom is 0.174 e. The Hall–Kier alpha value is -2.27. The summed E-state index contributed by atoms with van der Waals surface area (Å²) in [6.45, 7) is 0.198. The molecule has 0 unspecified atom stereocenters. The van der Waals surface area contributed by atoms with Crippen molar-refractivity contribution in [2.45, 2.75) is 6.61 Å². The summed E-state index contributed by atoms with van der Waals surface area (Å²) in [4.78, 5) is 0. The normalized spacial score (nSPS) is 11.1. The fourth-order valence-electron chi connectivity index (χ4n) is 2.79. The summed E-state index contributed by atoms with van der Waals surface area (Å²) in [6.07, 6.45) is 1.72. The van der Waals surface area contributed by atoms with Crippen LogP contribution in [0.1, 0.15) is 16.7 Å². The van der Waals surface area contributed by atoms with Gasteiger partial charge in [0.05, 0.1) is 27.3 Å². The molecular weight excluding hydrogens is 539 g/mol. The molecule has 0 spiro atoms. The van der Waals surface area contributed by atoms with Crippen LogP contribution in [0.25, 0.3) is 11.6 Å². The van der Waals surface area contributed by atoms with Gasteiger partial charge in [0.2, 0.25) is 0 Å². The molecule has 0 fully saturated rings. The minimum absolute atomic E-state index is 0.198. The first-order valence-electron chi connectivity index (χ1n) is 8.73. The molecule has 0 aromatic heterocycles. The van der Waals surface area contributed by atoms with E-state index in [1.807, 2.05) is 6.07 Å². The smallest absolute Gasteiger partial charge is 0.174 e. The molecule has 7 heteroatoms. The number of nitrogens with zero attached hydrogens (tertiary/aromatic N) is 1. The molecular formula is C23H15Cl2FINO2. The van der Waals surface area contributed by atoms with Crippen LogP contribution >= 0.6 is 45.8 Å². The number of benzene rings is 3. The maximum absolute atomic E-state index is 13.4. The van der Waals surface area contributed by atoms with Crippen LogP contribution in [0, 0.1) is 20.7 Å². The van der Waals surface area contributed by atoms with Crippen LogP contribution in [0.4, 0.5) is 4.39 Å². The lowest BCUT2D eigenvalue weighted by Crippen LogP contribution is -2.00. The number of nitriles is 1. The lowest BCUT2D eigenvalue weighted by atomic mass is 10.0. The fraction of sp³-hybridized carbons (Fsp3) is 0.0870. The molecule has 0 saturated heterocycles. The Morgan fingerprint density at radius 1 is 1.17 bits per heavy atom. The van der Waals surface area contributed by atoms with E-state index in [4.69, 9.17) is 32.7 Å². The molecule has 3 nitrogen and oxygen atoms in total. The molecule has 0 amide bonds. The van der Waals surface area contributed by atoms with Crippen LogP contribution in [0.5, 0.6) is 11.5 Å². The Morgan fingerprint density at radius 3 is 2.63 bits per heavy atom. The van der Waals surface area contributed by atoms with Crippen molar-refractivity contribution in [3.8, 4) is 17.6 Å². The number of hydrogen-bond donors (Lipinski definition) is 0. The van der Waals surface area contributed by atoms with Crippen LogP contribution in [-0.2, 0) is 6.61 Å². The second-order valence-corrected chi connectivity index (χ2v) is 8.25. The first-order valence-corrected chi connectivity index (χ1v) is 10.6. The van der Waals surface area contributed by atoms with E-state index in [0.717, 1.165) is 9.13 Å². The number of allylic oxidation sites excluding steroid dienone is 1. The molecule has 3 aromatic carbocycles. The Balaban J connectivity index is 1.92. The van der Waals surface area contributed by atoms with Crippen molar-refractivity contribution in [1.29, 1.82) is 5.26 Å². The van der Waals surface area contributed by atoms with Gasteiger partial charge in [-0.05, 0) is 76.2 Å². The number of methoxy groups -OCH3 is 1. The summed E-state index contributed by atoms with van der Waals surface area (Å²) in [6, 6.07) is 17.0. The lowest BCUT2D eigenvalue weighted by molar-refractivity contribution is 0.282.